The molecule has 0 aliphatic rings. The van der Waals surface area contributed by atoms with Crippen LogP contribution >= 0.6 is 11.6 Å². The van der Waals surface area contributed by atoms with Crippen molar-refractivity contribution in [2.45, 2.75) is 20.0 Å². The summed E-state index contributed by atoms with van der Waals surface area (Å²) in [5.41, 5.74) is 1.48. The molecule has 7 heteroatoms. The van der Waals surface area contributed by atoms with Gasteiger partial charge < -0.3 is 18.5 Å². The number of aromatic nitrogens is 1. The second-order valence-corrected chi connectivity index (χ2v) is 6.80. The molecular formula is C22H19ClN2O4. The number of furan rings is 2. The third-order valence-electron chi connectivity index (χ3n) is 4.43. The molecule has 0 aliphatic carbocycles. The van der Waals surface area contributed by atoms with Crippen molar-refractivity contribution < 1.29 is 18.4 Å². The molecule has 0 unspecified atom stereocenters. The molecule has 3 heterocycles. The van der Waals surface area contributed by atoms with Crippen LogP contribution < -0.4 is 4.74 Å². The lowest BCUT2D eigenvalue weighted by molar-refractivity contribution is 0.0685. The van der Waals surface area contributed by atoms with Gasteiger partial charge in [0.05, 0.1) is 31.2 Å². The van der Waals surface area contributed by atoms with Crippen molar-refractivity contribution in [3.8, 4) is 5.75 Å². The number of pyridine rings is 1. The van der Waals surface area contributed by atoms with Gasteiger partial charge in [0.25, 0.3) is 5.91 Å². The fraction of sp³-hybridized carbons (Fsp3) is 0.182. The van der Waals surface area contributed by atoms with Gasteiger partial charge in [-0.25, -0.2) is 4.98 Å². The minimum atomic E-state index is -0.259. The molecular weight excluding hydrogens is 392 g/mol. The number of nitrogens with zero attached hydrogens (tertiary/aromatic N) is 2. The van der Waals surface area contributed by atoms with Gasteiger partial charge >= 0.3 is 0 Å². The van der Waals surface area contributed by atoms with E-state index in [-0.39, 0.29) is 24.8 Å². The second-order valence-electron chi connectivity index (χ2n) is 6.44. The molecule has 0 aliphatic heterocycles. The van der Waals surface area contributed by atoms with E-state index in [1.54, 1.807) is 29.4 Å². The number of rotatable bonds is 7. The van der Waals surface area contributed by atoms with Crippen molar-refractivity contribution in [1.82, 2.24) is 9.88 Å². The van der Waals surface area contributed by atoms with E-state index in [0.29, 0.717) is 17.5 Å². The first-order valence-electron chi connectivity index (χ1n) is 9.21. The first-order chi connectivity index (χ1) is 14.1. The van der Waals surface area contributed by atoms with E-state index in [1.807, 2.05) is 37.3 Å². The van der Waals surface area contributed by atoms with E-state index in [0.717, 1.165) is 22.2 Å². The molecule has 0 N–H and O–H groups in total. The van der Waals surface area contributed by atoms with Crippen LogP contribution in [0.3, 0.4) is 0 Å². The van der Waals surface area contributed by atoms with Crippen LogP contribution in [0.5, 0.6) is 5.75 Å². The quantitative estimate of drug-likeness (QED) is 0.386. The van der Waals surface area contributed by atoms with Crippen LogP contribution in [0.25, 0.3) is 10.9 Å². The summed E-state index contributed by atoms with van der Waals surface area (Å²) in [5, 5.41) is 1.23. The van der Waals surface area contributed by atoms with E-state index in [1.165, 1.54) is 6.26 Å². The maximum atomic E-state index is 13.0. The molecule has 1 amide bonds. The number of ether oxygens (including phenoxy) is 1. The van der Waals surface area contributed by atoms with Gasteiger partial charge in [0.2, 0.25) is 0 Å². The first-order valence-corrected chi connectivity index (χ1v) is 9.59. The van der Waals surface area contributed by atoms with Gasteiger partial charge in [0.1, 0.15) is 16.7 Å². The number of halogens is 1. The Labute approximate surface area is 172 Å². The Bertz CT molecular complexity index is 1110. The monoisotopic (exact) mass is 410 g/mol. The Balaban J connectivity index is 1.67. The number of hydrogen-bond acceptors (Lipinski definition) is 5. The summed E-state index contributed by atoms with van der Waals surface area (Å²) in [4.78, 5) is 19.0. The number of fused-ring (bicyclic) bond motifs is 1. The summed E-state index contributed by atoms with van der Waals surface area (Å²) in [7, 11) is 0. The fourth-order valence-electron chi connectivity index (χ4n) is 3.09. The van der Waals surface area contributed by atoms with Crippen molar-refractivity contribution in [1.29, 1.82) is 0 Å². The largest absolute Gasteiger partial charge is 0.494 e. The molecule has 4 rings (SSSR count). The minimum absolute atomic E-state index is 0.250. The minimum Gasteiger partial charge on any atom is -0.494 e. The van der Waals surface area contributed by atoms with Crippen molar-refractivity contribution in [2.24, 2.45) is 0 Å². The van der Waals surface area contributed by atoms with Crippen molar-refractivity contribution >= 4 is 28.4 Å². The summed E-state index contributed by atoms with van der Waals surface area (Å²) < 4.78 is 16.3. The number of hydrogen-bond donors (Lipinski definition) is 0. The molecule has 0 spiro atoms. The van der Waals surface area contributed by atoms with Crippen LogP contribution in [-0.2, 0) is 13.1 Å². The predicted octanol–water partition coefficient (Wildman–Crippen LogP) is 5.32. The zero-order valence-corrected chi connectivity index (χ0v) is 16.6. The molecule has 148 valence electrons. The molecule has 3 aromatic heterocycles. The predicted molar refractivity (Wildman–Crippen MR) is 109 cm³/mol. The average Bonchev–Trinajstić information content (AvgIpc) is 3.42. The number of amides is 1. The summed E-state index contributed by atoms with van der Waals surface area (Å²) in [5.74, 6) is 1.41. The van der Waals surface area contributed by atoms with Crippen LogP contribution in [0.15, 0.2) is 69.9 Å². The highest BCUT2D eigenvalue weighted by molar-refractivity contribution is 6.30. The zero-order valence-electron chi connectivity index (χ0n) is 15.8. The average molecular weight is 411 g/mol. The normalized spacial score (nSPS) is 11.0. The lowest BCUT2D eigenvalue weighted by atomic mass is 10.1. The molecule has 0 fully saturated rings. The van der Waals surface area contributed by atoms with E-state index in [4.69, 9.17) is 25.2 Å². The van der Waals surface area contributed by atoms with E-state index in [9.17, 15) is 4.79 Å². The van der Waals surface area contributed by atoms with E-state index < -0.39 is 0 Å². The molecule has 29 heavy (non-hydrogen) atoms. The van der Waals surface area contributed by atoms with Crippen LogP contribution in [0, 0.1) is 0 Å². The lowest BCUT2D eigenvalue weighted by Crippen LogP contribution is -2.30. The van der Waals surface area contributed by atoms with Crippen LogP contribution in [-0.4, -0.2) is 22.4 Å². The van der Waals surface area contributed by atoms with E-state index in [2.05, 4.69) is 4.98 Å². The van der Waals surface area contributed by atoms with Crippen LogP contribution in [0.2, 0.25) is 5.15 Å². The van der Waals surface area contributed by atoms with Gasteiger partial charge in [-0.3, -0.25) is 4.79 Å². The lowest BCUT2D eigenvalue weighted by Gasteiger charge is -2.21. The number of benzene rings is 1. The van der Waals surface area contributed by atoms with Gasteiger partial charge in [-0.05, 0) is 55.5 Å². The van der Waals surface area contributed by atoms with E-state index >= 15 is 0 Å². The molecule has 6 nitrogen and oxygen atoms in total. The van der Waals surface area contributed by atoms with Gasteiger partial charge in [0, 0.05) is 17.5 Å². The second kappa shape index (κ2) is 8.41. The summed E-state index contributed by atoms with van der Waals surface area (Å²) in [6.45, 7) is 3.04. The van der Waals surface area contributed by atoms with Crippen LogP contribution in [0.1, 0.15) is 28.8 Å². The topological polar surface area (TPSA) is 68.7 Å². The molecule has 0 atom stereocenters. The van der Waals surface area contributed by atoms with Crippen molar-refractivity contribution in [3.63, 3.8) is 0 Å². The SMILES string of the molecule is CCOc1ccc2nc(Cl)c(CN(Cc3ccco3)C(=O)c3ccco3)cc2c1. The highest BCUT2D eigenvalue weighted by Gasteiger charge is 2.21. The third-order valence-corrected chi connectivity index (χ3v) is 4.76. The third kappa shape index (κ3) is 4.27. The summed E-state index contributed by atoms with van der Waals surface area (Å²) in [6, 6.07) is 14.5. The standard InChI is InChI=1S/C22H19ClN2O4/c1-2-27-17-7-8-19-15(12-17)11-16(21(23)24-19)13-25(14-18-5-3-9-28-18)22(26)20-6-4-10-29-20/h3-12H,2,13-14H2,1H3. The number of carbonyl (C=O) groups excluding carboxylic acids is 1. The fourth-order valence-corrected chi connectivity index (χ4v) is 3.30. The van der Waals surface area contributed by atoms with Gasteiger partial charge in [-0.2, -0.15) is 0 Å². The smallest absolute Gasteiger partial charge is 0.290 e. The maximum absolute atomic E-state index is 13.0. The van der Waals surface area contributed by atoms with Gasteiger partial charge in [-0.1, -0.05) is 11.6 Å². The maximum Gasteiger partial charge on any atom is 0.290 e. The Kier molecular flexibility index (Phi) is 5.53. The molecule has 1 aromatic carbocycles. The highest BCUT2D eigenvalue weighted by Crippen LogP contribution is 2.26. The van der Waals surface area contributed by atoms with Gasteiger partial charge in [-0.15, -0.1) is 0 Å². The molecule has 4 aromatic rings. The molecule has 0 bridgehead atoms. The number of carbonyl (C=O) groups is 1. The Hall–Kier alpha value is -3.25. The summed E-state index contributed by atoms with van der Waals surface area (Å²) >= 11 is 6.43. The van der Waals surface area contributed by atoms with Crippen molar-refractivity contribution in [3.05, 3.63) is 83.3 Å². The van der Waals surface area contributed by atoms with Gasteiger partial charge in [0.15, 0.2) is 5.76 Å². The van der Waals surface area contributed by atoms with Crippen molar-refractivity contribution in [2.75, 3.05) is 6.61 Å². The first kappa shape index (κ1) is 19.1. The summed E-state index contributed by atoms with van der Waals surface area (Å²) in [6.07, 6.45) is 3.04. The molecule has 0 saturated heterocycles. The zero-order chi connectivity index (χ0) is 20.2. The van der Waals surface area contributed by atoms with Crippen LogP contribution in [0.4, 0.5) is 0 Å². The molecule has 0 radical (unpaired) electrons. The Morgan fingerprint density at radius 3 is 2.66 bits per heavy atom. The highest BCUT2D eigenvalue weighted by atomic mass is 35.5. The Morgan fingerprint density at radius 1 is 1.10 bits per heavy atom. The Morgan fingerprint density at radius 2 is 1.93 bits per heavy atom. The molecule has 0 saturated carbocycles.